The van der Waals surface area contributed by atoms with Crippen molar-refractivity contribution in [2.45, 2.75) is 26.2 Å². The molecule has 0 aromatic heterocycles. The minimum atomic E-state index is 0.169. The Balaban J connectivity index is 1.53. The molecular formula is C34H30. The number of hydrogen-bond donors (Lipinski definition) is 0. The highest BCUT2D eigenvalue weighted by atomic mass is 14.2. The summed E-state index contributed by atoms with van der Waals surface area (Å²) in [7, 11) is 0. The second kappa shape index (κ2) is 9.15. The van der Waals surface area contributed by atoms with E-state index in [0.717, 1.165) is 0 Å². The van der Waals surface area contributed by atoms with Gasteiger partial charge in [0.05, 0.1) is 0 Å². The van der Waals surface area contributed by atoms with Crippen molar-refractivity contribution in [2.75, 3.05) is 0 Å². The van der Waals surface area contributed by atoms with Gasteiger partial charge in [-0.1, -0.05) is 130 Å². The molecule has 34 heavy (non-hydrogen) atoms. The molecule has 0 aliphatic rings. The van der Waals surface area contributed by atoms with Crippen LogP contribution in [0, 0.1) is 0 Å². The summed E-state index contributed by atoms with van der Waals surface area (Å²) in [6, 6.07) is 46.1. The molecule has 166 valence electrons. The first-order valence-corrected chi connectivity index (χ1v) is 11.9. The Morgan fingerprint density at radius 3 is 0.971 bits per heavy atom. The fraction of sp³-hybridized carbons (Fsp3) is 0.118. The van der Waals surface area contributed by atoms with Crippen LogP contribution in [0.15, 0.2) is 127 Å². The summed E-state index contributed by atoms with van der Waals surface area (Å²) in [5.74, 6) is 0. The summed E-state index contributed by atoms with van der Waals surface area (Å²) in [6.45, 7) is 6.76. The third-order valence-electron chi connectivity index (χ3n) is 6.45. The van der Waals surface area contributed by atoms with Gasteiger partial charge in [-0.05, 0) is 73.7 Å². The van der Waals surface area contributed by atoms with Gasteiger partial charge in [-0.3, -0.25) is 0 Å². The SMILES string of the molecule is CC(C)(C)c1ccc(-c2ccc(-c3cc(-c4ccccc4)cc(-c4ccccc4)c3)cc2)cc1. The normalized spacial score (nSPS) is 11.4. The summed E-state index contributed by atoms with van der Waals surface area (Å²) < 4.78 is 0. The van der Waals surface area contributed by atoms with Crippen LogP contribution in [0.5, 0.6) is 0 Å². The van der Waals surface area contributed by atoms with E-state index >= 15 is 0 Å². The maximum absolute atomic E-state index is 2.30. The van der Waals surface area contributed by atoms with Crippen molar-refractivity contribution in [3.05, 3.63) is 133 Å². The summed E-state index contributed by atoms with van der Waals surface area (Å²) >= 11 is 0. The van der Waals surface area contributed by atoms with E-state index in [1.54, 1.807) is 0 Å². The van der Waals surface area contributed by atoms with E-state index < -0.39 is 0 Å². The molecule has 0 bridgehead atoms. The average Bonchev–Trinajstić information content (AvgIpc) is 2.89. The quantitative estimate of drug-likeness (QED) is 0.262. The lowest BCUT2D eigenvalue weighted by molar-refractivity contribution is 0.590. The number of hydrogen-bond acceptors (Lipinski definition) is 0. The van der Waals surface area contributed by atoms with Crippen molar-refractivity contribution in [2.24, 2.45) is 0 Å². The monoisotopic (exact) mass is 438 g/mol. The van der Waals surface area contributed by atoms with E-state index in [1.165, 1.54) is 50.1 Å². The van der Waals surface area contributed by atoms with Crippen LogP contribution in [-0.4, -0.2) is 0 Å². The number of rotatable bonds is 4. The fourth-order valence-corrected chi connectivity index (χ4v) is 4.41. The lowest BCUT2D eigenvalue weighted by atomic mass is 9.86. The molecule has 0 radical (unpaired) electrons. The van der Waals surface area contributed by atoms with Crippen LogP contribution in [0.3, 0.4) is 0 Å². The van der Waals surface area contributed by atoms with Gasteiger partial charge < -0.3 is 0 Å². The molecule has 0 aliphatic heterocycles. The minimum Gasteiger partial charge on any atom is -0.0622 e. The highest BCUT2D eigenvalue weighted by molar-refractivity contribution is 5.82. The predicted molar refractivity (Wildman–Crippen MR) is 147 cm³/mol. The van der Waals surface area contributed by atoms with Crippen LogP contribution in [0.25, 0.3) is 44.5 Å². The molecule has 0 fully saturated rings. The minimum absolute atomic E-state index is 0.169. The van der Waals surface area contributed by atoms with Gasteiger partial charge >= 0.3 is 0 Å². The van der Waals surface area contributed by atoms with E-state index in [2.05, 4.69) is 148 Å². The molecule has 0 saturated heterocycles. The van der Waals surface area contributed by atoms with Crippen molar-refractivity contribution in [1.82, 2.24) is 0 Å². The van der Waals surface area contributed by atoms with Crippen molar-refractivity contribution >= 4 is 0 Å². The van der Waals surface area contributed by atoms with Crippen LogP contribution < -0.4 is 0 Å². The maximum Gasteiger partial charge on any atom is -0.0132 e. The molecule has 0 nitrogen and oxygen atoms in total. The topological polar surface area (TPSA) is 0 Å². The molecule has 0 unspecified atom stereocenters. The first-order chi connectivity index (χ1) is 16.5. The number of benzene rings is 5. The lowest BCUT2D eigenvalue weighted by Crippen LogP contribution is -2.10. The van der Waals surface area contributed by atoms with Gasteiger partial charge in [0.25, 0.3) is 0 Å². The molecule has 0 N–H and O–H groups in total. The van der Waals surface area contributed by atoms with Gasteiger partial charge in [0, 0.05) is 0 Å². The second-order valence-corrected chi connectivity index (χ2v) is 9.94. The highest BCUT2D eigenvalue weighted by Gasteiger charge is 2.13. The van der Waals surface area contributed by atoms with Gasteiger partial charge in [-0.15, -0.1) is 0 Å². The van der Waals surface area contributed by atoms with Gasteiger partial charge in [0.1, 0.15) is 0 Å². The highest BCUT2D eigenvalue weighted by Crippen LogP contribution is 2.34. The Labute approximate surface area is 203 Å². The van der Waals surface area contributed by atoms with E-state index in [4.69, 9.17) is 0 Å². The van der Waals surface area contributed by atoms with Crippen LogP contribution in [0.1, 0.15) is 26.3 Å². The first-order valence-electron chi connectivity index (χ1n) is 11.9. The van der Waals surface area contributed by atoms with Crippen LogP contribution >= 0.6 is 0 Å². The molecule has 5 aromatic carbocycles. The van der Waals surface area contributed by atoms with Crippen molar-refractivity contribution in [1.29, 1.82) is 0 Å². The van der Waals surface area contributed by atoms with Gasteiger partial charge in [-0.2, -0.15) is 0 Å². The smallest absolute Gasteiger partial charge is 0.0132 e. The summed E-state index contributed by atoms with van der Waals surface area (Å²) in [5, 5.41) is 0. The summed E-state index contributed by atoms with van der Waals surface area (Å²) in [6.07, 6.45) is 0. The summed E-state index contributed by atoms with van der Waals surface area (Å²) in [5.41, 5.74) is 11.4. The van der Waals surface area contributed by atoms with Crippen LogP contribution in [0.4, 0.5) is 0 Å². The molecule has 0 amide bonds. The second-order valence-electron chi connectivity index (χ2n) is 9.94. The third kappa shape index (κ3) is 4.72. The van der Waals surface area contributed by atoms with Crippen molar-refractivity contribution in [3.8, 4) is 44.5 Å². The molecule has 0 heteroatoms. The van der Waals surface area contributed by atoms with E-state index in [0.29, 0.717) is 0 Å². The Morgan fingerprint density at radius 2 is 0.618 bits per heavy atom. The average molecular weight is 439 g/mol. The van der Waals surface area contributed by atoms with Gasteiger partial charge in [-0.25, -0.2) is 0 Å². The van der Waals surface area contributed by atoms with Gasteiger partial charge in [0.2, 0.25) is 0 Å². The van der Waals surface area contributed by atoms with E-state index in [1.807, 2.05) is 0 Å². The predicted octanol–water partition coefficient (Wildman–Crippen LogP) is 9.65. The molecule has 5 rings (SSSR count). The van der Waals surface area contributed by atoms with Crippen LogP contribution in [-0.2, 0) is 5.41 Å². The molecule has 0 aliphatic carbocycles. The maximum atomic E-state index is 2.30. The molecule has 0 heterocycles. The molecule has 0 atom stereocenters. The molecule has 0 saturated carbocycles. The summed E-state index contributed by atoms with van der Waals surface area (Å²) in [4.78, 5) is 0. The lowest BCUT2D eigenvalue weighted by Gasteiger charge is -2.19. The Kier molecular flexibility index (Phi) is 5.90. The van der Waals surface area contributed by atoms with Crippen molar-refractivity contribution < 1.29 is 0 Å². The zero-order chi connectivity index (χ0) is 23.5. The largest absolute Gasteiger partial charge is 0.0622 e. The Morgan fingerprint density at radius 1 is 0.324 bits per heavy atom. The zero-order valence-corrected chi connectivity index (χ0v) is 20.1. The van der Waals surface area contributed by atoms with Gasteiger partial charge in [0.15, 0.2) is 0 Å². The van der Waals surface area contributed by atoms with Crippen LogP contribution in [0.2, 0.25) is 0 Å². The molecular weight excluding hydrogens is 408 g/mol. The fourth-order valence-electron chi connectivity index (χ4n) is 4.41. The molecule has 5 aromatic rings. The Bertz CT molecular complexity index is 1310. The first kappa shape index (κ1) is 21.9. The Hall–Kier alpha value is -3.90. The molecule has 0 spiro atoms. The standard InChI is InChI=1S/C34H30/c1-34(2,3)33-20-18-28(19-21-33)27-14-16-29(17-15-27)32-23-30(25-10-6-4-7-11-25)22-31(24-32)26-12-8-5-9-13-26/h4-24H,1-3H3. The van der Waals surface area contributed by atoms with E-state index in [9.17, 15) is 0 Å². The van der Waals surface area contributed by atoms with E-state index in [-0.39, 0.29) is 5.41 Å². The van der Waals surface area contributed by atoms with Crippen molar-refractivity contribution in [3.63, 3.8) is 0 Å². The zero-order valence-electron chi connectivity index (χ0n) is 20.1. The third-order valence-corrected chi connectivity index (χ3v) is 6.45.